The number of hydrogen-bond donors (Lipinski definition) is 1. The van der Waals surface area contributed by atoms with Crippen molar-refractivity contribution in [3.8, 4) is 5.75 Å². The summed E-state index contributed by atoms with van der Waals surface area (Å²) in [5.41, 5.74) is -0.104. The van der Waals surface area contributed by atoms with Crippen LogP contribution in [0, 0.1) is 10.1 Å². The molecule has 0 fully saturated rings. The standard InChI is InChI=1S/C14H8Cl4N2O4/c15-7-1-2-13(12(3-7)20(22)23)24-6-14(21)19-11-5-9(17)8(16)4-10(11)18/h1-5H,6H2,(H,19,21). The van der Waals surface area contributed by atoms with Gasteiger partial charge < -0.3 is 10.1 Å². The van der Waals surface area contributed by atoms with Gasteiger partial charge in [-0.15, -0.1) is 0 Å². The molecule has 0 heterocycles. The quantitative estimate of drug-likeness (QED) is 0.416. The number of anilines is 1. The second-order valence-corrected chi connectivity index (χ2v) is 6.11. The summed E-state index contributed by atoms with van der Waals surface area (Å²) in [4.78, 5) is 22.2. The summed E-state index contributed by atoms with van der Waals surface area (Å²) in [5, 5.41) is 14.2. The Morgan fingerprint density at radius 3 is 2.42 bits per heavy atom. The van der Waals surface area contributed by atoms with E-state index in [0.29, 0.717) is 0 Å². The molecule has 10 heteroatoms. The largest absolute Gasteiger partial charge is 0.477 e. The Labute approximate surface area is 156 Å². The predicted molar refractivity (Wildman–Crippen MR) is 93.7 cm³/mol. The molecule has 0 aliphatic heterocycles. The molecule has 2 aromatic carbocycles. The average molecular weight is 410 g/mol. The highest BCUT2D eigenvalue weighted by Gasteiger charge is 2.17. The Morgan fingerprint density at radius 1 is 1.08 bits per heavy atom. The third kappa shape index (κ3) is 4.64. The minimum Gasteiger partial charge on any atom is -0.477 e. The first kappa shape index (κ1) is 18.6. The Hall–Kier alpha value is -1.73. The third-order valence-corrected chi connectivity index (χ3v) is 4.03. The molecule has 2 rings (SSSR count). The predicted octanol–water partition coefficient (Wildman–Crippen LogP) is 5.23. The van der Waals surface area contributed by atoms with Crippen LogP contribution in [0.1, 0.15) is 0 Å². The Bertz CT molecular complexity index is 814. The fourth-order valence-corrected chi connectivity index (χ4v) is 2.46. The lowest BCUT2D eigenvalue weighted by Gasteiger charge is -2.10. The molecule has 2 aromatic rings. The van der Waals surface area contributed by atoms with Crippen molar-refractivity contribution < 1.29 is 14.5 Å². The molecule has 0 aliphatic rings. The summed E-state index contributed by atoms with van der Waals surface area (Å²) in [6, 6.07) is 6.61. The lowest BCUT2D eigenvalue weighted by molar-refractivity contribution is -0.385. The zero-order chi connectivity index (χ0) is 17.9. The van der Waals surface area contributed by atoms with E-state index in [2.05, 4.69) is 5.32 Å². The fourth-order valence-electron chi connectivity index (χ4n) is 1.70. The van der Waals surface area contributed by atoms with E-state index in [1.54, 1.807) is 0 Å². The van der Waals surface area contributed by atoms with Crippen molar-refractivity contribution in [1.82, 2.24) is 0 Å². The molecule has 126 valence electrons. The molecule has 0 radical (unpaired) electrons. The smallest absolute Gasteiger partial charge is 0.312 e. The second-order valence-electron chi connectivity index (χ2n) is 4.45. The molecule has 0 atom stereocenters. The van der Waals surface area contributed by atoms with Gasteiger partial charge in [-0.3, -0.25) is 14.9 Å². The van der Waals surface area contributed by atoms with Gasteiger partial charge in [0, 0.05) is 11.1 Å². The van der Waals surface area contributed by atoms with Gasteiger partial charge in [-0.25, -0.2) is 0 Å². The highest BCUT2D eigenvalue weighted by molar-refractivity contribution is 6.44. The molecule has 0 saturated heterocycles. The molecule has 1 amide bonds. The van der Waals surface area contributed by atoms with Crippen LogP contribution in [0.5, 0.6) is 5.75 Å². The average Bonchev–Trinajstić information content (AvgIpc) is 2.51. The van der Waals surface area contributed by atoms with E-state index in [1.807, 2.05) is 0 Å². The first-order chi connectivity index (χ1) is 11.3. The normalized spacial score (nSPS) is 10.3. The monoisotopic (exact) mass is 408 g/mol. The molecular weight excluding hydrogens is 402 g/mol. The van der Waals surface area contributed by atoms with Crippen LogP contribution >= 0.6 is 46.4 Å². The van der Waals surface area contributed by atoms with Crippen LogP contribution in [0.25, 0.3) is 0 Å². The van der Waals surface area contributed by atoms with Gasteiger partial charge in [-0.1, -0.05) is 46.4 Å². The van der Waals surface area contributed by atoms with Gasteiger partial charge in [0.05, 0.1) is 25.7 Å². The molecule has 0 unspecified atom stereocenters. The summed E-state index contributed by atoms with van der Waals surface area (Å²) in [6.45, 7) is -0.473. The minimum atomic E-state index is -0.658. The van der Waals surface area contributed by atoms with Crippen molar-refractivity contribution in [2.24, 2.45) is 0 Å². The number of amides is 1. The molecule has 24 heavy (non-hydrogen) atoms. The van der Waals surface area contributed by atoms with E-state index < -0.39 is 17.4 Å². The van der Waals surface area contributed by atoms with Crippen molar-refractivity contribution in [2.75, 3.05) is 11.9 Å². The summed E-state index contributed by atoms with van der Waals surface area (Å²) in [5.74, 6) is -0.667. The van der Waals surface area contributed by atoms with Crippen molar-refractivity contribution in [2.45, 2.75) is 0 Å². The van der Waals surface area contributed by atoms with Crippen molar-refractivity contribution in [1.29, 1.82) is 0 Å². The van der Waals surface area contributed by atoms with Gasteiger partial charge in [-0.2, -0.15) is 0 Å². The van der Waals surface area contributed by atoms with Crippen LogP contribution in [0.3, 0.4) is 0 Å². The number of nitro groups is 1. The molecule has 1 N–H and O–H groups in total. The maximum Gasteiger partial charge on any atom is 0.312 e. The first-order valence-electron chi connectivity index (χ1n) is 6.29. The van der Waals surface area contributed by atoms with Crippen LogP contribution in [0.4, 0.5) is 11.4 Å². The minimum absolute atomic E-state index is 0.0835. The lowest BCUT2D eigenvalue weighted by Crippen LogP contribution is -2.20. The van der Waals surface area contributed by atoms with Gasteiger partial charge in [-0.05, 0) is 24.3 Å². The number of benzene rings is 2. The van der Waals surface area contributed by atoms with Crippen LogP contribution in [-0.2, 0) is 4.79 Å². The molecule has 0 spiro atoms. The molecule has 0 bridgehead atoms. The Morgan fingerprint density at radius 2 is 1.75 bits per heavy atom. The fraction of sp³-hybridized carbons (Fsp3) is 0.0714. The topological polar surface area (TPSA) is 81.5 Å². The highest BCUT2D eigenvalue weighted by atomic mass is 35.5. The van der Waals surface area contributed by atoms with Crippen molar-refractivity contribution >= 4 is 63.7 Å². The van der Waals surface area contributed by atoms with Crippen molar-refractivity contribution in [3.63, 3.8) is 0 Å². The van der Waals surface area contributed by atoms with Gasteiger partial charge in [0.15, 0.2) is 12.4 Å². The SMILES string of the molecule is O=C(COc1ccc(Cl)cc1[N+](=O)[O-])Nc1cc(Cl)c(Cl)cc1Cl. The highest BCUT2D eigenvalue weighted by Crippen LogP contribution is 2.32. The van der Waals surface area contributed by atoms with E-state index in [0.717, 1.165) is 6.07 Å². The van der Waals surface area contributed by atoms with E-state index in [1.165, 1.54) is 24.3 Å². The number of nitrogens with zero attached hydrogens (tertiary/aromatic N) is 1. The number of rotatable bonds is 5. The Kier molecular flexibility index (Phi) is 6.12. The van der Waals surface area contributed by atoms with Gasteiger partial charge in [0.1, 0.15) is 0 Å². The third-order valence-electron chi connectivity index (χ3n) is 2.76. The molecule has 6 nitrogen and oxygen atoms in total. The van der Waals surface area contributed by atoms with E-state index >= 15 is 0 Å². The molecule has 0 aromatic heterocycles. The van der Waals surface area contributed by atoms with Crippen LogP contribution < -0.4 is 10.1 Å². The first-order valence-corrected chi connectivity index (χ1v) is 7.80. The molecule has 0 aliphatic carbocycles. The van der Waals surface area contributed by atoms with E-state index in [-0.39, 0.29) is 37.2 Å². The van der Waals surface area contributed by atoms with E-state index in [9.17, 15) is 14.9 Å². The maximum atomic E-state index is 11.9. The number of nitrogens with one attached hydrogen (secondary N) is 1. The number of hydrogen-bond acceptors (Lipinski definition) is 4. The number of halogens is 4. The second kappa shape index (κ2) is 7.90. The summed E-state index contributed by atoms with van der Waals surface area (Å²) in [6.07, 6.45) is 0. The van der Waals surface area contributed by atoms with Crippen LogP contribution in [-0.4, -0.2) is 17.4 Å². The van der Waals surface area contributed by atoms with Crippen LogP contribution in [0.2, 0.25) is 20.1 Å². The van der Waals surface area contributed by atoms with Crippen LogP contribution in [0.15, 0.2) is 30.3 Å². The summed E-state index contributed by atoms with van der Waals surface area (Å²) in [7, 11) is 0. The number of nitro benzene ring substituents is 1. The summed E-state index contributed by atoms with van der Waals surface area (Å²) >= 11 is 23.3. The molecular formula is C14H8Cl4N2O4. The van der Waals surface area contributed by atoms with Gasteiger partial charge in [0.2, 0.25) is 0 Å². The Balaban J connectivity index is 2.07. The maximum absolute atomic E-state index is 11.9. The van der Waals surface area contributed by atoms with Crippen molar-refractivity contribution in [3.05, 3.63) is 60.5 Å². The molecule has 0 saturated carbocycles. The zero-order valence-electron chi connectivity index (χ0n) is 11.7. The number of ether oxygens (including phenoxy) is 1. The number of carbonyl (C=O) groups excluding carboxylic acids is 1. The van der Waals surface area contributed by atoms with Gasteiger partial charge in [0.25, 0.3) is 5.91 Å². The van der Waals surface area contributed by atoms with E-state index in [4.69, 9.17) is 51.1 Å². The lowest BCUT2D eigenvalue weighted by atomic mass is 10.3. The summed E-state index contributed by atoms with van der Waals surface area (Å²) < 4.78 is 5.17. The van der Waals surface area contributed by atoms with Gasteiger partial charge >= 0.3 is 5.69 Å². The number of carbonyl (C=O) groups is 1. The zero-order valence-corrected chi connectivity index (χ0v) is 14.7.